The van der Waals surface area contributed by atoms with Gasteiger partial charge in [0.15, 0.2) is 0 Å². The normalized spacial score (nSPS) is 11.5. The Kier molecular flexibility index (Phi) is 3.98. The van der Waals surface area contributed by atoms with Crippen molar-refractivity contribution in [3.8, 4) is 5.75 Å². The van der Waals surface area contributed by atoms with Crippen molar-refractivity contribution < 1.29 is 17.9 Å². The highest BCUT2D eigenvalue weighted by atomic mass is 79.9. The molecular weight excluding hydrogens is 275 g/mol. The molecule has 0 unspecified atom stereocenters. The highest BCUT2D eigenvalue weighted by Crippen LogP contribution is 2.34. The van der Waals surface area contributed by atoms with Crippen LogP contribution < -0.4 is 10.5 Å². The molecule has 0 aromatic heterocycles. The van der Waals surface area contributed by atoms with E-state index in [0.29, 0.717) is 4.47 Å². The van der Waals surface area contributed by atoms with Gasteiger partial charge >= 0.3 is 6.18 Å². The smallest absolute Gasteiger partial charge is 0.416 e. The van der Waals surface area contributed by atoms with Crippen molar-refractivity contribution in [1.29, 1.82) is 0 Å². The van der Waals surface area contributed by atoms with Crippen LogP contribution in [0.3, 0.4) is 0 Å². The molecule has 0 saturated heterocycles. The summed E-state index contributed by atoms with van der Waals surface area (Å²) in [5, 5.41) is 0. The Morgan fingerprint density at radius 1 is 1.33 bits per heavy atom. The van der Waals surface area contributed by atoms with Crippen LogP contribution in [0.4, 0.5) is 13.2 Å². The van der Waals surface area contributed by atoms with E-state index in [1.54, 1.807) is 0 Å². The van der Waals surface area contributed by atoms with E-state index in [9.17, 15) is 13.2 Å². The van der Waals surface area contributed by atoms with Crippen LogP contribution in [-0.2, 0) is 6.18 Å². The summed E-state index contributed by atoms with van der Waals surface area (Å²) in [5.74, 6) is 0.148. The van der Waals surface area contributed by atoms with Crippen molar-refractivity contribution in [2.45, 2.75) is 6.18 Å². The second-order valence-corrected chi connectivity index (χ2v) is 3.63. The second kappa shape index (κ2) is 4.85. The van der Waals surface area contributed by atoms with Gasteiger partial charge in [-0.1, -0.05) is 0 Å². The zero-order chi connectivity index (χ0) is 11.5. The SMILES string of the molecule is NCCOc1cc(C(F)(F)F)ccc1Br. The second-order valence-electron chi connectivity index (χ2n) is 2.78. The summed E-state index contributed by atoms with van der Waals surface area (Å²) in [6, 6.07) is 3.23. The van der Waals surface area contributed by atoms with Crippen molar-refractivity contribution in [1.82, 2.24) is 0 Å². The van der Waals surface area contributed by atoms with Gasteiger partial charge in [0.25, 0.3) is 0 Å². The third kappa shape index (κ3) is 3.39. The molecule has 1 aromatic rings. The summed E-state index contributed by atoms with van der Waals surface area (Å²) < 4.78 is 42.5. The molecule has 0 radical (unpaired) electrons. The Bertz CT molecular complexity index is 341. The van der Waals surface area contributed by atoms with E-state index in [1.165, 1.54) is 6.07 Å². The van der Waals surface area contributed by atoms with E-state index >= 15 is 0 Å². The van der Waals surface area contributed by atoms with Crippen LogP contribution >= 0.6 is 15.9 Å². The van der Waals surface area contributed by atoms with Crippen LogP contribution in [0, 0.1) is 0 Å². The standard InChI is InChI=1S/C9H9BrF3NO/c10-7-2-1-6(9(11,12)13)5-8(7)15-4-3-14/h1-2,5H,3-4,14H2. The lowest BCUT2D eigenvalue weighted by Crippen LogP contribution is -2.12. The Hall–Kier alpha value is -0.750. The lowest BCUT2D eigenvalue weighted by molar-refractivity contribution is -0.137. The maximum atomic E-state index is 12.3. The lowest BCUT2D eigenvalue weighted by atomic mass is 10.2. The molecule has 0 aliphatic heterocycles. The zero-order valence-corrected chi connectivity index (χ0v) is 9.23. The van der Waals surface area contributed by atoms with E-state index in [0.717, 1.165) is 12.1 Å². The fourth-order valence-electron chi connectivity index (χ4n) is 0.959. The number of benzene rings is 1. The predicted octanol–water partition coefficient (Wildman–Crippen LogP) is 2.81. The summed E-state index contributed by atoms with van der Waals surface area (Å²) in [7, 11) is 0. The Balaban J connectivity index is 2.95. The quantitative estimate of drug-likeness (QED) is 0.926. The van der Waals surface area contributed by atoms with Gasteiger partial charge in [-0.2, -0.15) is 13.2 Å². The van der Waals surface area contributed by atoms with Gasteiger partial charge in [-0.3, -0.25) is 0 Å². The van der Waals surface area contributed by atoms with Gasteiger partial charge in [0.1, 0.15) is 12.4 Å². The van der Waals surface area contributed by atoms with Gasteiger partial charge in [-0.25, -0.2) is 0 Å². The first-order valence-electron chi connectivity index (χ1n) is 4.15. The summed E-state index contributed by atoms with van der Waals surface area (Å²) in [4.78, 5) is 0. The van der Waals surface area contributed by atoms with Crippen molar-refractivity contribution in [2.24, 2.45) is 5.73 Å². The van der Waals surface area contributed by atoms with Gasteiger partial charge in [0, 0.05) is 6.54 Å². The van der Waals surface area contributed by atoms with Gasteiger partial charge in [-0.15, -0.1) is 0 Å². The molecule has 1 rings (SSSR count). The van der Waals surface area contributed by atoms with Crippen LogP contribution in [0.25, 0.3) is 0 Å². The molecule has 1 aromatic carbocycles. The van der Waals surface area contributed by atoms with Crippen LogP contribution in [0.15, 0.2) is 22.7 Å². The van der Waals surface area contributed by atoms with Crippen LogP contribution in [0.2, 0.25) is 0 Å². The molecular formula is C9H9BrF3NO. The fourth-order valence-corrected chi connectivity index (χ4v) is 1.32. The number of hydrogen-bond donors (Lipinski definition) is 1. The first-order valence-corrected chi connectivity index (χ1v) is 4.94. The molecule has 6 heteroatoms. The van der Waals surface area contributed by atoms with E-state index in [-0.39, 0.29) is 18.9 Å². The number of ether oxygens (including phenoxy) is 1. The van der Waals surface area contributed by atoms with Crippen molar-refractivity contribution in [3.05, 3.63) is 28.2 Å². The number of nitrogens with two attached hydrogens (primary N) is 1. The summed E-state index contributed by atoms with van der Waals surface area (Å²) in [5.41, 5.74) is 4.45. The maximum absolute atomic E-state index is 12.3. The lowest BCUT2D eigenvalue weighted by Gasteiger charge is -2.11. The molecule has 0 fully saturated rings. The zero-order valence-electron chi connectivity index (χ0n) is 7.64. The molecule has 0 aliphatic carbocycles. The first-order chi connectivity index (χ1) is 6.95. The van der Waals surface area contributed by atoms with Gasteiger partial charge < -0.3 is 10.5 Å². The monoisotopic (exact) mass is 283 g/mol. The Labute approximate surface area is 93.3 Å². The minimum Gasteiger partial charge on any atom is -0.491 e. The number of rotatable bonds is 3. The average Bonchev–Trinajstić information content (AvgIpc) is 2.15. The molecule has 0 saturated carbocycles. The van der Waals surface area contributed by atoms with Crippen molar-refractivity contribution in [3.63, 3.8) is 0 Å². The third-order valence-electron chi connectivity index (χ3n) is 1.63. The van der Waals surface area contributed by atoms with Crippen LogP contribution in [0.1, 0.15) is 5.56 Å². The molecule has 0 bridgehead atoms. The molecule has 0 aliphatic rings. The van der Waals surface area contributed by atoms with Gasteiger partial charge in [0.05, 0.1) is 10.0 Å². The predicted molar refractivity (Wildman–Crippen MR) is 53.7 cm³/mol. The largest absolute Gasteiger partial charge is 0.491 e. The molecule has 0 spiro atoms. The van der Waals surface area contributed by atoms with E-state index in [1.807, 2.05) is 0 Å². The molecule has 0 amide bonds. The van der Waals surface area contributed by atoms with E-state index < -0.39 is 11.7 Å². The molecule has 84 valence electrons. The highest BCUT2D eigenvalue weighted by molar-refractivity contribution is 9.10. The Morgan fingerprint density at radius 3 is 2.53 bits per heavy atom. The van der Waals surface area contributed by atoms with Gasteiger partial charge in [0.2, 0.25) is 0 Å². The van der Waals surface area contributed by atoms with Crippen molar-refractivity contribution >= 4 is 15.9 Å². The summed E-state index contributed by atoms with van der Waals surface area (Å²) in [6.07, 6.45) is -4.36. The topological polar surface area (TPSA) is 35.2 Å². The summed E-state index contributed by atoms with van der Waals surface area (Å²) >= 11 is 3.09. The van der Waals surface area contributed by atoms with E-state index in [4.69, 9.17) is 10.5 Å². The number of alkyl halides is 3. The average molecular weight is 284 g/mol. The van der Waals surface area contributed by atoms with Gasteiger partial charge in [-0.05, 0) is 34.1 Å². The molecule has 15 heavy (non-hydrogen) atoms. The van der Waals surface area contributed by atoms with Crippen LogP contribution in [-0.4, -0.2) is 13.2 Å². The first kappa shape index (κ1) is 12.3. The third-order valence-corrected chi connectivity index (χ3v) is 2.29. The highest BCUT2D eigenvalue weighted by Gasteiger charge is 2.31. The molecule has 2 nitrogen and oxygen atoms in total. The molecule has 0 heterocycles. The maximum Gasteiger partial charge on any atom is 0.416 e. The van der Waals surface area contributed by atoms with Crippen molar-refractivity contribution in [2.75, 3.05) is 13.2 Å². The minimum atomic E-state index is -4.36. The molecule has 0 atom stereocenters. The Morgan fingerprint density at radius 2 is 2.00 bits per heavy atom. The van der Waals surface area contributed by atoms with Crippen LogP contribution in [0.5, 0.6) is 5.75 Å². The summed E-state index contributed by atoms with van der Waals surface area (Å²) in [6.45, 7) is 0.433. The van der Waals surface area contributed by atoms with E-state index in [2.05, 4.69) is 15.9 Å². The minimum absolute atomic E-state index is 0.148. The fraction of sp³-hybridized carbons (Fsp3) is 0.333. The number of halogens is 4. The number of hydrogen-bond acceptors (Lipinski definition) is 2. The molecule has 2 N–H and O–H groups in total.